The molecule has 0 radical (unpaired) electrons. The van der Waals surface area contributed by atoms with Crippen LogP contribution in [0.1, 0.15) is 30.0 Å². The second-order valence-electron chi connectivity index (χ2n) is 4.55. The molecule has 1 N–H and O–H groups in total. The van der Waals surface area contributed by atoms with Crippen molar-refractivity contribution < 1.29 is 9.50 Å². The fourth-order valence-corrected chi connectivity index (χ4v) is 3.42. The molecule has 3 nitrogen and oxygen atoms in total. The molecule has 1 aromatic heterocycles. The summed E-state index contributed by atoms with van der Waals surface area (Å²) in [4.78, 5) is 0. The third kappa shape index (κ3) is 2.97. The zero-order valence-corrected chi connectivity index (χ0v) is 14.4. The number of aliphatic hydroxyl groups is 1. The van der Waals surface area contributed by atoms with Gasteiger partial charge in [-0.15, -0.1) is 0 Å². The van der Waals surface area contributed by atoms with E-state index in [0.29, 0.717) is 16.5 Å². The van der Waals surface area contributed by atoms with E-state index in [1.165, 1.54) is 6.07 Å². The van der Waals surface area contributed by atoms with E-state index < -0.39 is 6.10 Å². The fraction of sp³-hybridized carbons (Fsp3) is 0.357. The van der Waals surface area contributed by atoms with Gasteiger partial charge in [0.25, 0.3) is 0 Å². The molecule has 0 saturated carbocycles. The van der Waals surface area contributed by atoms with E-state index in [9.17, 15) is 9.50 Å². The van der Waals surface area contributed by atoms with Gasteiger partial charge in [0, 0.05) is 13.5 Å². The normalized spacial score (nSPS) is 12.7. The van der Waals surface area contributed by atoms with Gasteiger partial charge in [0.15, 0.2) is 0 Å². The molecule has 0 fully saturated rings. The second kappa shape index (κ2) is 6.37. The van der Waals surface area contributed by atoms with Gasteiger partial charge >= 0.3 is 0 Å². The molecule has 20 heavy (non-hydrogen) atoms. The number of aryl methyl sites for hydroxylation is 2. The van der Waals surface area contributed by atoms with E-state index in [4.69, 9.17) is 0 Å². The lowest BCUT2D eigenvalue weighted by atomic mass is 10.0. The Labute approximate surface area is 134 Å². The second-order valence-corrected chi connectivity index (χ2v) is 6.13. The topological polar surface area (TPSA) is 38.0 Å². The van der Waals surface area contributed by atoms with Gasteiger partial charge in [0.05, 0.1) is 26.4 Å². The molecular weight excluding hydrogens is 391 g/mol. The first-order chi connectivity index (χ1) is 9.45. The minimum atomic E-state index is -0.795. The molecule has 0 bridgehead atoms. The Morgan fingerprint density at radius 3 is 2.65 bits per heavy atom. The average Bonchev–Trinajstić information content (AvgIpc) is 2.69. The number of aliphatic hydroxyl groups excluding tert-OH is 1. The maximum atomic E-state index is 13.5. The zero-order valence-electron chi connectivity index (χ0n) is 11.2. The highest BCUT2D eigenvalue weighted by Gasteiger charge is 2.19. The maximum Gasteiger partial charge on any atom is 0.137 e. The van der Waals surface area contributed by atoms with Crippen molar-refractivity contribution in [3.63, 3.8) is 0 Å². The molecule has 2 rings (SSSR count). The van der Waals surface area contributed by atoms with Gasteiger partial charge < -0.3 is 5.11 Å². The molecule has 0 amide bonds. The van der Waals surface area contributed by atoms with Crippen molar-refractivity contribution in [2.45, 2.75) is 25.9 Å². The number of hydrogen-bond donors (Lipinski definition) is 1. The van der Waals surface area contributed by atoms with Crippen molar-refractivity contribution in [1.29, 1.82) is 0 Å². The molecule has 1 unspecified atom stereocenters. The Hall–Kier alpha value is -0.720. The summed E-state index contributed by atoms with van der Waals surface area (Å²) >= 11 is 6.70. The van der Waals surface area contributed by atoms with Crippen LogP contribution in [0.2, 0.25) is 0 Å². The minimum Gasteiger partial charge on any atom is -0.388 e. The predicted octanol–water partition coefficient (Wildman–Crippen LogP) is 3.92. The van der Waals surface area contributed by atoms with Crippen molar-refractivity contribution in [2.75, 3.05) is 0 Å². The zero-order chi connectivity index (χ0) is 14.9. The van der Waals surface area contributed by atoms with E-state index >= 15 is 0 Å². The highest BCUT2D eigenvalue weighted by atomic mass is 79.9. The predicted molar refractivity (Wildman–Crippen MR) is 83.0 cm³/mol. The van der Waals surface area contributed by atoms with Gasteiger partial charge in [-0.05, 0) is 49.9 Å². The summed E-state index contributed by atoms with van der Waals surface area (Å²) in [7, 11) is 1.84. The first-order valence-corrected chi connectivity index (χ1v) is 7.86. The molecule has 0 spiro atoms. The summed E-state index contributed by atoms with van der Waals surface area (Å²) in [6.07, 6.45) is 0.386. The van der Waals surface area contributed by atoms with Gasteiger partial charge in [0.1, 0.15) is 5.82 Å². The van der Waals surface area contributed by atoms with Gasteiger partial charge in [-0.1, -0.05) is 19.1 Å². The summed E-state index contributed by atoms with van der Waals surface area (Å²) < 4.78 is 16.5. The lowest BCUT2D eigenvalue weighted by Crippen LogP contribution is -2.08. The summed E-state index contributed by atoms with van der Waals surface area (Å²) in [6.45, 7) is 2.02. The number of nitrogens with zero attached hydrogens (tertiary/aromatic N) is 2. The minimum absolute atomic E-state index is 0.307. The van der Waals surface area contributed by atoms with Crippen LogP contribution in [0.15, 0.2) is 27.1 Å². The highest BCUT2D eigenvalue weighted by molar-refractivity contribution is 9.10. The van der Waals surface area contributed by atoms with Gasteiger partial charge in [-0.25, -0.2) is 4.39 Å². The smallest absolute Gasteiger partial charge is 0.137 e. The Bertz CT molecular complexity index is 628. The SMILES string of the molecule is CCc1nn(C)c(CC(O)c2cccc(F)c2Br)c1Br. The third-order valence-electron chi connectivity index (χ3n) is 3.23. The summed E-state index contributed by atoms with van der Waals surface area (Å²) in [6, 6.07) is 4.66. The molecule has 1 aromatic carbocycles. The van der Waals surface area contributed by atoms with E-state index in [0.717, 1.165) is 22.3 Å². The van der Waals surface area contributed by atoms with E-state index in [1.54, 1.807) is 16.8 Å². The highest BCUT2D eigenvalue weighted by Crippen LogP contribution is 2.31. The van der Waals surface area contributed by atoms with E-state index in [-0.39, 0.29) is 5.82 Å². The number of hydrogen-bond acceptors (Lipinski definition) is 2. The number of rotatable bonds is 4. The Kier molecular flexibility index (Phi) is 4.99. The molecule has 0 aliphatic heterocycles. The molecule has 0 aliphatic carbocycles. The van der Waals surface area contributed by atoms with Crippen LogP contribution in [0.25, 0.3) is 0 Å². The number of benzene rings is 1. The molecule has 2 aromatic rings. The molecule has 6 heteroatoms. The molecule has 0 saturated heterocycles. The largest absolute Gasteiger partial charge is 0.388 e. The van der Waals surface area contributed by atoms with Crippen LogP contribution >= 0.6 is 31.9 Å². The lowest BCUT2D eigenvalue weighted by Gasteiger charge is -2.14. The summed E-state index contributed by atoms with van der Waals surface area (Å²) in [5, 5.41) is 14.7. The summed E-state index contributed by atoms with van der Waals surface area (Å²) in [5.74, 6) is -0.375. The Morgan fingerprint density at radius 2 is 2.05 bits per heavy atom. The first kappa shape index (κ1) is 15.7. The molecular formula is C14H15Br2FN2O. The third-order valence-corrected chi connectivity index (χ3v) is 4.98. The van der Waals surface area contributed by atoms with Crippen molar-refractivity contribution in [3.8, 4) is 0 Å². The quantitative estimate of drug-likeness (QED) is 0.836. The van der Waals surface area contributed by atoms with Crippen LogP contribution in [0.3, 0.4) is 0 Å². The van der Waals surface area contributed by atoms with Crippen molar-refractivity contribution in [2.24, 2.45) is 7.05 Å². The van der Waals surface area contributed by atoms with Crippen LogP contribution in [-0.4, -0.2) is 14.9 Å². The fourth-order valence-electron chi connectivity index (χ4n) is 2.11. The van der Waals surface area contributed by atoms with Gasteiger partial charge in [0.2, 0.25) is 0 Å². The van der Waals surface area contributed by atoms with Crippen molar-refractivity contribution in [3.05, 3.63) is 49.9 Å². The molecule has 1 atom stereocenters. The monoisotopic (exact) mass is 404 g/mol. The number of halogens is 3. The Balaban J connectivity index is 2.30. The van der Waals surface area contributed by atoms with Crippen LogP contribution in [0.5, 0.6) is 0 Å². The average molecular weight is 406 g/mol. The van der Waals surface area contributed by atoms with E-state index in [1.807, 2.05) is 14.0 Å². The summed E-state index contributed by atoms with van der Waals surface area (Å²) in [5.41, 5.74) is 2.38. The molecule has 108 valence electrons. The van der Waals surface area contributed by atoms with Crippen molar-refractivity contribution >= 4 is 31.9 Å². The lowest BCUT2D eigenvalue weighted by molar-refractivity contribution is 0.174. The van der Waals surface area contributed by atoms with Crippen molar-refractivity contribution in [1.82, 2.24) is 9.78 Å². The molecule has 1 heterocycles. The maximum absolute atomic E-state index is 13.5. The van der Waals surface area contributed by atoms with Crippen LogP contribution in [0, 0.1) is 5.82 Å². The molecule has 0 aliphatic rings. The van der Waals surface area contributed by atoms with Crippen LogP contribution in [0.4, 0.5) is 4.39 Å². The van der Waals surface area contributed by atoms with Crippen LogP contribution < -0.4 is 0 Å². The standard InChI is InChI=1S/C14H15Br2FN2O/c1-3-10-14(16)11(19(2)18-10)7-12(20)8-5-4-6-9(17)13(8)15/h4-6,12,20H,3,7H2,1-2H3. The Morgan fingerprint density at radius 1 is 1.35 bits per heavy atom. The van der Waals surface area contributed by atoms with Gasteiger partial charge in [-0.3, -0.25) is 4.68 Å². The number of aromatic nitrogens is 2. The first-order valence-electron chi connectivity index (χ1n) is 6.27. The van der Waals surface area contributed by atoms with Gasteiger partial charge in [-0.2, -0.15) is 5.10 Å². The van der Waals surface area contributed by atoms with Crippen LogP contribution in [-0.2, 0) is 19.9 Å². The van der Waals surface area contributed by atoms with E-state index in [2.05, 4.69) is 37.0 Å².